The third-order valence-electron chi connectivity index (χ3n) is 3.75. The van der Waals surface area contributed by atoms with Crippen LogP contribution in [-0.4, -0.2) is 21.6 Å². The molecule has 0 bridgehead atoms. The Hall–Kier alpha value is -1.88. The molecule has 2 heterocycles. The van der Waals surface area contributed by atoms with Crippen LogP contribution in [0.4, 0.5) is 5.69 Å². The van der Waals surface area contributed by atoms with E-state index in [-0.39, 0.29) is 0 Å². The lowest BCUT2D eigenvalue weighted by Gasteiger charge is -2.28. The molecule has 106 valence electrons. The van der Waals surface area contributed by atoms with Crippen molar-refractivity contribution in [2.24, 2.45) is 0 Å². The quantitative estimate of drug-likeness (QED) is 0.868. The standard InChI is InChI=1S/C15H20N4O/c1-10(2)15-17-14(20-18-15)9-19-7-6-11-4-3-5-13(16)12(11)8-19/h3-5,10H,6-9,16H2,1-2H3. The van der Waals surface area contributed by atoms with Gasteiger partial charge in [-0.05, 0) is 23.6 Å². The first-order chi connectivity index (χ1) is 9.63. The van der Waals surface area contributed by atoms with Gasteiger partial charge in [0.15, 0.2) is 5.82 Å². The first-order valence-electron chi connectivity index (χ1n) is 7.04. The van der Waals surface area contributed by atoms with Crippen molar-refractivity contribution in [3.8, 4) is 0 Å². The minimum atomic E-state index is 0.297. The number of rotatable bonds is 3. The molecule has 1 aliphatic heterocycles. The topological polar surface area (TPSA) is 68.2 Å². The van der Waals surface area contributed by atoms with E-state index in [1.54, 1.807) is 0 Å². The second-order valence-corrected chi connectivity index (χ2v) is 5.65. The number of nitrogen functional groups attached to an aromatic ring is 1. The predicted octanol–water partition coefficient (Wildman–Crippen LogP) is 2.33. The Balaban J connectivity index is 1.72. The van der Waals surface area contributed by atoms with Crippen molar-refractivity contribution in [3.05, 3.63) is 41.0 Å². The molecule has 0 spiro atoms. The largest absolute Gasteiger partial charge is 0.398 e. The molecule has 0 atom stereocenters. The van der Waals surface area contributed by atoms with E-state index in [2.05, 4.69) is 35.0 Å². The molecule has 20 heavy (non-hydrogen) atoms. The molecular formula is C15H20N4O. The number of hydrogen-bond donors (Lipinski definition) is 1. The number of anilines is 1. The van der Waals surface area contributed by atoms with E-state index in [1.165, 1.54) is 11.1 Å². The fourth-order valence-electron chi connectivity index (χ4n) is 2.56. The first kappa shape index (κ1) is 13.1. The van der Waals surface area contributed by atoms with Crippen molar-refractivity contribution in [3.63, 3.8) is 0 Å². The predicted molar refractivity (Wildman–Crippen MR) is 77.1 cm³/mol. The van der Waals surface area contributed by atoms with Crippen LogP contribution in [0.2, 0.25) is 0 Å². The Labute approximate surface area is 118 Å². The van der Waals surface area contributed by atoms with Gasteiger partial charge >= 0.3 is 0 Å². The van der Waals surface area contributed by atoms with Crippen molar-refractivity contribution in [1.82, 2.24) is 15.0 Å². The summed E-state index contributed by atoms with van der Waals surface area (Å²) in [6, 6.07) is 6.15. The molecule has 0 saturated carbocycles. The van der Waals surface area contributed by atoms with Crippen LogP contribution in [0.5, 0.6) is 0 Å². The van der Waals surface area contributed by atoms with Gasteiger partial charge in [0.2, 0.25) is 5.89 Å². The van der Waals surface area contributed by atoms with Crippen LogP contribution in [0.15, 0.2) is 22.7 Å². The molecule has 1 aliphatic rings. The smallest absolute Gasteiger partial charge is 0.240 e. The molecule has 5 nitrogen and oxygen atoms in total. The Bertz CT molecular complexity index is 606. The molecule has 0 radical (unpaired) electrons. The van der Waals surface area contributed by atoms with Gasteiger partial charge in [-0.25, -0.2) is 0 Å². The summed E-state index contributed by atoms with van der Waals surface area (Å²) >= 11 is 0. The lowest BCUT2D eigenvalue weighted by Crippen LogP contribution is -2.30. The van der Waals surface area contributed by atoms with Gasteiger partial charge in [-0.2, -0.15) is 4.98 Å². The lowest BCUT2D eigenvalue weighted by molar-refractivity contribution is 0.211. The first-order valence-corrected chi connectivity index (χ1v) is 7.04. The zero-order valence-corrected chi connectivity index (χ0v) is 12.0. The Morgan fingerprint density at radius 2 is 2.25 bits per heavy atom. The van der Waals surface area contributed by atoms with E-state index >= 15 is 0 Å². The average molecular weight is 272 g/mol. The maximum absolute atomic E-state index is 6.06. The van der Waals surface area contributed by atoms with Gasteiger partial charge in [0.25, 0.3) is 0 Å². The second-order valence-electron chi connectivity index (χ2n) is 5.65. The fraction of sp³-hybridized carbons (Fsp3) is 0.467. The maximum Gasteiger partial charge on any atom is 0.240 e. The normalized spacial score (nSPS) is 15.6. The number of benzene rings is 1. The molecule has 3 rings (SSSR count). The third kappa shape index (κ3) is 2.54. The summed E-state index contributed by atoms with van der Waals surface area (Å²) in [6.07, 6.45) is 1.02. The van der Waals surface area contributed by atoms with Gasteiger partial charge in [-0.15, -0.1) is 0 Å². The molecule has 2 N–H and O–H groups in total. The summed E-state index contributed by atoms with van der Waals surface area (Å²) in [6.45, 7) is 6.66. The number of aromatic nitrogens is 2. The molecule has 1 aromatic carbocycles. The lowest BCUT2D eigenvalue weighted by atomic mass is 9.98. The second kappa shape index (κ2) is 5.25. The van der Waals surface area contributed by atoms with Crippen LogP contribution < -0.4 is 5.73 Å². The van der Waals surface area contributed by atoms with E-state index in [9.17, 15) is 0 Å². The molecule has 0 saturated heterocycles. The fourth-order valence-corrected chi connectivity index (χ4v) is 2.56. The highest BCUT2D eigenvalue weighted by Gasteiger charge is 2.20. The Kier molecular flexibility index (Phi) is 3.44. The van der Waals surface area contributed by atoms with Crippen LogP contribution in [0.1, 0.15) is 42.6 Å². The molecule has 0 amide bonds. The minimum Gasteiger partial charge on any atom is -0.398 e. The molecule has 0 aliphatic carbocycles. The van der Waals surface area contributed by atoms with E-state index in [1.807, 2.05) is 12.1 Å². The zero-order valence-electron chi connectivity index (χ0n) is 12.0. The summed E-state index contributed by atoms with van der Waals surface area (Å²) in [5.74, 6) is 1.76. The Morgan fingerprint density at radius 3 is 3.00 bits per heavy atom. The van der Waals surface area contributed by atoms with Gasteiger partial charge in [0.1, 0.15) is 0 Å². The summed E-state index contributed by atoms with van der Waals surface area (Å²) in [5, 5.41) is 4.01. The molecule has 0 fully saturated rings. The van der Waals surface area contributed by atoms with Crippen molar-refractivity contribution in [1.29, 1.82) is 0 Å². The monoisotopic (exact) mass is 272 g/mol. The van der Waals surface area contributed by atoms with Crippen LogP contribution in [-0.2, 0) is 19.5 Å². The van der Waals surface area contributed by atoms with Gasteiger partial charge in [-0.3, -0.25) is 4.90 Å². The number of nitrogens with two attached hydrogens (primary N) is 1. The molecule has 5 heteroatoms. The molecular weight excluding hydrogens is 252 g/mol. The highest BCUT2D eigenvalue weighted by atomic mass is 16.5. The molecule has 2 aromatic rings. The van der Waals surface area contributed by atoms with Gasteiger partial charge < -0.3 is 10.3 Å². The minimum absolute atomic E-state index is 0.297. The highest BCUT2D eigenvalue weighted by molar-refractivity contribution is 5.51. The molecule has 1 aromatic heterocycles. The van der Waals surface area contributed by atoms with E-state index < -0.39 is 0 Å². The number of nitrogens with zero attached hydrogens (tertiary/aromatic N) is 3. The van der Waals surface area contributed by atoms with Crippen LogP contribution in [0, 0.1) is 0 Å². The summed E-state index contributed by atoms with van der Waals surface area (Å²) in [4.78, 5) is 6.73. The van der Waals surface area contributed by atoms with Crippen molar-refractivity contribution in [2.45, 2.75) is 39.3 Å². The van der Waals surface area contributed by atoms with Crippen molar-refractivity contribution < 1.29 is 4.52 Å². The van der Waals surface area contributed by atoms with Crippen LogP contribution >= 0.6 is 0 Å². The number of hydrogen-bond acceptors (Lipinski definition) is 5. The summed E-state index contributed by atoms with van der Waals surface area (Å²) < 4.78 is 5.31. The summed E-state index contributed by atoms with van der Waals surface area (Å²) in [7, 11) is 0. The maximum atomic E-state index is 6.06. The third-order valence-corrected chi connectivity index (χ3v) is 3.75. The van der Waals surface area contributed by atoms with Crippen molar-refractivity contribution >= 4 is 5.69 Å². The van der Waals surface area contributed by atoms with Crippen LogP contribution in [0.25, 0.3) is 0 Å². The van der Waals surface area contributed by atoms with E-state index in [0.717, 1.165) is 31.0 Å². The number of fused-ring (bicyclic) bond motifs is 1. The molecule has 0 unspecified atom stereocenters. The van der Waals surface area contributed by atoms with Gasteiger partial charge in [0, 0.05) is 24.7 Å². The highest BCUT2D eigenvalue weighted by Crippen LogP contribution is 2.25. The average Bonchev–Trinajstić information content (AvgIpc) is 2.88. The SMILES string of the molecule is CC(C)c1noc(CN2CCc3cccc(N)c3C2)n1. The Morgan fingerprint density at radius 1 is 1.40 bits per heavy atom. The van der Waals surface area contributed by atoms with E-state index in [4.69, 9.17) is 10.3 Å². The van der Waals surface area contributed by atoms with E-state index in [0.29, 0.717) is 18.4 Å². The van der Waals surface area contributed by atoms with Crippen molar-refractivity contribution in [2.75, 3.05) is 12.3 Å². The van der Waals surface area contributed by atoms with Gasteiger partial charge in [0.05, 0.1) is 6.54 Å². The van der Waals surface area contributed by atoms with Crippen LogP contribution in [0.3, 0.4) is 0 Å². The zero-order chi connectivity index (χ0) is 14.1. The summed E-state index contributed by atoms with van der Waals surface area (Å²) in [5.41, 5.74) is 9.53. The van der Waals surface area contributed by atoms with Gasteiger partial charge in [-0.1, -0.05) is 31.1 Å².